The second kappa shape index (κ2) is 5.31. The maximum absolute atomic E-state index is 12.5. The summed E-state index contributed by atoms with van der Waals surface area (Å²) in [7, 11) is -3.37. The molecule has 0 spiro atoms. The van der Waals surface area contributed by atoms with Crippen LogP contribution < -0.4 is 5.73 Å². The van der Waals surface area contributed by atoms with E-state index in [4.69, 9.17) is 5.73 Å². The number of carbonyl (C=O) groups excluding carboxylic acids is 1. The van der Waals surface area contributed by atoms with Gasteiger partial charge in [0.05, 0.1) is 5.75 Å². The molecule has 2 aliphatic rings. The summed E-state index contributed by atoms with van der Waals surface area (Å²) < 4.78 is 26.5. The highest BCUT2D eigenvalue weighted by atomic mass is 32.2. The zero-order valence-corrected chi connectivity index (χ0v) is 12.6. The summed E-state index contributed by atoms with van der Waals surface area (Å²) in [6.07, 6.45) is 1.29. The molecule has 114 valence electrons. The van der Waals surface area contributed by atoms with Crippen LogP contribution in [0, 0.1) is 0 Å². The first kappa shape index (κ1) is 14.3. The van der Waals surface area contributed by atoms with Crippen LogP contribution in [0.4, 0.5) is 5.69 Å². The van der Waals surface area contributed by atoms with Crippen LogP contribution in [0.2, 0.25) is 0 Å². The predicted molar refractivity (Wildman–Crippen MR) is 79.8 cm³/mol. The Labute approximate surface area is 124 Å². The monoisotopic (exact) mass is 309 g/mol. The fraction of sp³-hybridized carbons (Fsp3) is 0.500. The van der Waals surface area contributed by atoms with Crippen molar-refractivity contribution in [3.63, 3.8) is 0 Å². The number of benzene rings is 1. The third kappa shape index (κ3) is 2.89. The van der Waals surface area contributed by atoms with Gasteiger partial charge in [0.15, 0.2) is 0 Å². The van der Waals surface area contributed by atoms with Crippen molar-refractivity contribution in [2.75, 3.05) is 25.4 Å². The van der Waals surface area contributed by atoms with Gasteiger partial charge >= 0.3 is 0 Å². The first-order chi connectivity index (χ1) is 9.95. The molecule has 7 heteroatoms. The van der Waals surface area contributed by atoms with E-state index >= 15 is 0 Å². The molecule has 0 aliphatic carbocycles. The number of carbonyl (C=O) groups is 1. The Morgan fingerprint density at radius 3 is 2.86 bits per heavy atom. The van der Waals surface area contributed by atoms with Crippen molar-refractivity contribution >= 4 is 21.6 Å². The Hall–Kier alpha value is -1.60. The van der Waals surface area contributed by atoms with Gasteiger partial charge in [0.2, 0.25) is 15.9 Å². The van der Waals surface area contributed by atoms with Crippen LogP contribution in [0.5, 0.6) is 0 Å². The Bertz CT molecular complexity index is 659. The number of amides is 1. The lowest BCUT2D eigenvalue weighted by atomic mass is 10.2. The standard InChI is InChI=1S/C14H19N3O3S/c15-12-3-1-2-11(8-12)10-21(19,20)16-6-7-17-13(9-16)4-5-14(17)18/h1-3,8,13H,4-7,9-10,15H2. The zero-order valence-electron chi connectivity index (χ0n) is 11.7. The van der Waals surface area contributed by atoms with Crippen LogP contribution in [-0.4, -0.2) is 49.2 Å². The van der Waals surface area contributed by atoms with Crippen molar-refractivity contribution in [1.29, 1.82) is 0 Å². The molecule has 1 aromatic carbocycles. The Balaban J connectivity index is 1.72. The second-order valence-electron chi connectivity index (χ2n) is 5.64. The van der Waals surface area contributed by atoms with Gasteiger partial charge in [-0.2, -0.15) is 4.31 Å². The van der Waals surface area contributed by atoms with E-state index in [9.17, 15) is 13.2 Å². The molecule has 0 bridgehead atoms. The van der Waals surface area contributed by atoms with Crippen LogP contribution in [0.25, 0.3) is 0 Å². The van der Waals surface area contributed by atoms with Crippen LogP contribution in [-0.2, 0) is 20.6 Å². The lowest BCUT2D eigenvalue weighted by Crippen LogP contribution is -2.53. The van der Waals surface area contributed by atoms with Gasteiger partial charge in [-0.05, 0) is 24.1 Å². The van der Waals surface area contributed by atoms with Gasteiger partial charge in [0.1, 0.15) is 0 Å². The summed E-state index contributed by atoms with van der Waals surface area (Å²) in [5.74, 6) is 0.103. The molecule has 2 saturated heterocycles. The van der Waals surface area contributed by atoms with E-state index < -0.39 is 10.0 Å². The van der Waals surface area contributed by atoms with Crippen molar-refractivity contribution in [2.45, 2.75) is 24.6 Å². The third-order valence-corrected chi connectivity index (χ3v) is 5.97. The summed E-state index contributed by atoms with van der Waals surface area (Å²) in [5, 5.41) is 0. The van der Waals surface area contributed by atoms with E-state index in [1.807, 2.05) is 4.90 Å². The molecule has 3 rings (SSSR count). The maximum atomic E-state index is 12.5. The lowest BCUT2D eigenvalue weighted by molar-refractivity contribution is -0.130. The molecule has 1 aromatic rings. The number of hydrogen-bond acceptors (Lipinski definition) is 4. The quantitative estimate of drug-likeness (QED) is 0.820. The van der Waals surface area contributed by atoms with Crippen molar-refractivity contribution in [3.8, 4) is 0 Å². The molecule has 21 heavy (non-hydrogen) atoms. The number of rotatable bonds is 3. The minimum Gasteiger partial charge on any atom is -0.399 e. The number of sulfonamides is 1. The highest BCUT2D eigenvalue weighted by molar-refractivity contribution is 7.88. The van der Waals surface area contributed by atoms with E-state index in [0.717, 1.165) is 6.42 Å². The average molecular weight is 309 g/mol. The molecule has 1 atom stereocenters. The summed E-state index contributed by atoms with van der Waals surface area (Å²) in [6.45, 7) is 1.29. The molecule has 2 N–H and O–H groups in total. The third-order valence-electron chi connectivity index (χ3n) is 4.15. The molecule has 2 aliphatic heterocycles. The average Bonchev–Trinajstić information content (AvgIpc) is 2.79. The second-order valence-corrected chi connectivity index (χ2v) is 7.61. The molecule has 0 saturated carbocycles. The van der Waals surface area contributed by atoms with Crippen molar-refractivity contribution < 1.29 is 13.2 Å². The molecular formula is C14H19N3O3S. The van der Waals surface area contributed by atoms with Crippen LogP contribution in [0.3, 0.4) is 0 Å². The molecule has 2 fully saturated rings. The lowest BCUT2D eigenvalue weighted by Gasteiger charge is -2.36. The van der Waals surface area contributed by atoms with Crippen molar-refractivity contribution in [1.82, 2.24) is 9.21 Å². The minimum atomic E-state index is -3.37. The number of piperazine rings is 1. The summed E-state index contributed by atoms with van der Waals surface area (Å²) in [5.41, 5.74) is 6.95. The van der Waals surface area contributed by atoms with E-state index in [2.05, 4.69) is 0 Å². The first-order valence-corrected chi connectivity index (χ1v) is 8.68. The number of nitrogens with two attached hydrogens (primary N) is 1. The van der Waals surface area contributed by atoms with Crippen LogP contribution in [0.1, 0.15) is 18.4 Å². The van der Waals surface area contributed by atoms with Gasteiger partial charge in [-0.1, -0.05) is 12.1 Å². The smallest absolute Gasteiger partial charge is 0.222 e. The molecule has 2 heterocycles. The van der Waals surface area contributed by atoms with Gasteiger partial charge in [0, 0.05) is 37.8 Å². The normalized spacial score (nSPS) is 23.3. The maximum Gasteiger partial charge on any atom is 0.222 e. The molecule has 1 amide bonds. The highest BCUT2D eigenvalue weighted by Gasteiger charge is 2.38. The SMILES string of the molecule is Nc1cccc(CS(=O)(=O)N2CCN3C(=O)CCC3C2)c1. The van der Waals surface area contributed by atoms with Gasteiger partial charge in [-0.3, -0.25) is 4.79 Å². The molecular weight excluding hydrogens is 290 g/mol. The molecule has 1 unspecified atom stereocenters. The molecule has 6 nitrogen and oxygen atoms in total. The Kier molecular flexibility index (Phi) is 3.62. The zero-order chi connectivity index (χ0) is 15.0. The number of nitrogen functional groups attached to an aromatic ring is 1. The highest BCUT2D eigenvalue weighted by Crippen LogP contribution is 2.25. The first-order valence-electron chi connectivity index (χ1n) is 7.07. The van der Waals surface area contributed by atoms with Gasteiger partial charge < -0.3 is 10.6 Å². The summed E-state index contributed by atoms with van der Waals surface area (Å²) in [4.78, 5) is 13.4. The molecule has 0 aromatic heterocycles. The fourth-order valence-corrected chi connectivity index (χ4v) is 4.62. The summed E-state index contributed by atoms with van der Waals surface area (Å²) >= 11 is 0. The fourth-order valence-electron chi connectivity index (χ4n) is 3.07. The number of anilines is 1. The number of fused-ring (bicyclic) bond motifs is 1. The van der Waals surface area contributed by atoms with Gasteiger partial charge in [-0.25, -0.2) is 8.42 Å². The van der Waals surface area contributed by atoms with E-state index in [1.54, 1.807) is 24.3 Å². The number of nitrogens with zero attached hydrogens (tertiary/aromatic N) is 2. The van der Waals surface area contributed by atoms with Crippen LogP contribution >= 0.6 is 0 Å². The van der Waals surface area contributed by atoms with Crippen LogP contribution in [0.15, 0.2) is 24.3 Å². The van der Waals surface area contributed by atoms with Gasteiger partial charge in [-0.15, -0.1) is 0 Å². The van der Waals surface area contributed by atoms with Crippen molar-refractivity contribution in [3.05, 3.63) is 29.8 Å². The van der Waals surface area contributed by atoms with Crippen molar-refractivity contribution in [2.24, 2.45) is 0 Å². The Morgan fingerprint density at radius 1 is 1.29 bits per heavy atom. The predicted octanol–water partition coefficient (Wildman–Crippen LogP) is 0.405. The topological polar surface area (TPSA) is 83.7 Å². The van der Waals surface area contributed by atoms with E-state index in [-0.39, 0.29) is 17.7 Å². The minimum absolute atomic E-state index is 0.0429. The Morgan fingerprint density at radius 2 is 2.10 bits per heavy atom. The number of hydrogen-bond donors (Lipinski definition) is 1. The summed E-state index contributed by atoms with van der Waals surface area (Å²) in [6, 6.07) is 6.99. The van der Waals surface area contributed by atoms with Gasteiger partial charge in [0.25, 0.3) is 0 Å². The van der Waals surface area contributed by atoms with E-state index in [1.165, 1.54) is 4.31 Å². The molecule has 0 radical (unpaired) electrons. The largest absolute Gasteiger partial charge is 0.399 e. The van der Waals surface area contributed by atoms with E-state index in [0.29, 0.717) is 37.3 Å².